The largest absolute Gasteiger partial charge is 0.501 e. The molecule has 3 nitrogen and oxygen atoms in total. The molecule has 12 heavy (non-hydrogen) atoms. The van der Waals surface area contributed by atoms with Gasteiger partial charge in [-0.2, -0.15) is 0 Å². The van der Waals surface area contributed by atoms with Gasteiger partial charge in [-0.05, 0) is 19.1 Å². The molecule has 0 fully saturated rings. The topological polar surface area (TPSA) is 48.1 Å². The highest BCUT2D eigenvalue weighted by molar-refractivity contribution is 5.62. The van der Waals surface area contributed by atoms with Crippen LogP contribution in [-0.4, -0.2) is 11.6 Å². The number of nitrogens with zero attached hydrogens (tertiary/aromatic N) is 1. The summed E-state index contributed by atoms with van der Waals surface area (Å²) in [6.07, 6.45) is 6.76. The third-order valence-corrected chi connectivity index (χ3v) is 1.40. The van der Waals surface area contributed by atoms with E-state index in [1.54, 1.807) is 18.7 Å². The first-order valence-corrected chi connectivity index (χ1v) is 3.82. The monoisotopic (exact) mass is 164 g/mol. The molecule has 64 valence electrons. The maximum absolute atomic E-state index is 5.63. The molecular weight excluding hydrogens is 152 g/mol. The van der Waals surface area contributed by atoms with Crippen LogP contribution in [0.3, 0.4) is 0 Å². The highest BCUT2D eigenvalue weighted by Crippen LogP contribution is 2.09. The van der Waals surface area contributed by atoms with Crippen LogP contribution in [0.2, 0.25) is 0 Å². The number of aromatic nitrogens is 1. The summed E-state index contributed by atoms with van der Waals surface area (Å²) in [5, 5.41) is 0. The molecule has 3 heteroatoms. The Labute approximate surface area is 71.9 Å². The normalized spacial score (nSPS) is 10.4. The molecule has 0 atom stereocenters. The summed E-state index contributed by atoms with van der Waals surface area (Å²) >= 11 is 0. The van der Waals surface area contributed by atoms with Crippen LogP contribution >= 0.6 is 0 Å². The summed E-state index contributed by atoms with van der Waals surface area (Å²) in [6, 6.07) is 1.84. The Balaban J connectivity index is 2.68. The molecule has 0 saturated carbocycles. The zero-order valence-corrected chi connectivity index (χ0v) is 7.03. The molecule has 0 saturated heterocycles. The lowest BCUT2D eigenvalue weighted by Gasteiger charge is -1.97. The molecule has 1 heterocycles. The summed E-state index contributed by atoms with van der Waals surface area (Å²) in [5.41, 5.74) is 7.22. The SMILES string of the molecule is CCO/C=C/c1ccncc1N. The fourth-order valence-corrected chi connectivity index (χ4v) is 0.787. The van der Waals surface area contributed by atoms with Crippen molar-refractivity contribution in [2.45, 2.75) is 6.92 Å². The van der Waals surface area contributed by atoms with Crippen molar-refractivity contribution < 1.29 is 4.74 Å². The molecule has 0 amide bonds. The fourth-order valence-electron chi connectivity index (χ4n) is 0.787. The zero-order valence-electron chi connectivity index (χ0n) is 7.03. The molecule has 0 aromatic carbocycles. The van der Waals surface area contributed by atoms with E-state index >= 15 is 0 Å². The van der Waals surface area contributed by atoms with Crippen LogP contribution in [0.5, 0.6) is 0 Å². The smallest absolute Gasteiger partial charge is 0.0845 e. The van der Waals surface area contributed by atoms with Crippen LogP contribution in [-0.2, 0) is 4.74 Å². The number of pyridine rings is 1. The lowest BCUT2D eigenvalue weighted by molar-refractivity contribution is 0.272. The van der Waals surface area contributed by atoms with Gasteiger partial charge in [-0.15, -0.1) is 0 Å². The van der Waals surface area contributed by atoms with Gasteiger partial charge in [0, 0.05) is 11.8 Å². The van der Waals surface area contributed by atoms with Crippen molar-refractivity contribution >= 4 is 11.8 Å². The molecule has 1 aromatic rings. The first kappa shape index (κ1) is 8.59. The summed E-state index contributed by atoms with van der Waals surface area (Å²) in [7, 11) is 0. The van der Waals surface area contributed by atoms with Crippen molar-refractivity contribution in [1.82, 2.24) is 4.98 Å². The Kier molecular flexibility index (Phi) is 3.14. The second-order valence-electron chi connectivity index (χ2n) is 2.26. The van der Waals surface area contributed by atoms with E-state index in [1.807, 2.05) is 19.1 Å². The highest BCUT2D eigenvalue weighted by Gasteiger charge is 1.91. The first-order chi connectivity index (χ1) is 5.84. The van der Waals surface area contributed by atoms with Gasteiger partial charge in [-0.3, -0.25) is 4.98 Å². The van der Waals surface area contributed by atoms with E-state index in [-0.39, 0.29) is 0 Å². The minimum Gasteiger partial charge on any atom is -0.501 e. The van der Waals surface area contributed by atoms with E-state index < -0.39 is 0 Å². The molecule has 0 aliphatic rings. The number of nitrogen functional groups attached to an aromatic ring is 1. The molecule has 2 N–H and O–H groups in total. The fraction of sp³-hybridized carbons (Fsp3) is 0.222. The van der Waals surface area contributed by atoms with Gasteiger partial charge in [0.2, 0.25) is 0 Å². The zero-order chi connectivity index (χ0) is 8.81. The molecule has 1 rings (SSSR count). The van der Waals surface area contributed by atoms with E-state index in [0.717, 1.165) is 5.56 Å². The third kappa shape index (κ3) is 2.27. The van der Waals surface area contributed by atoms with Crippen LogP contribution in [0.15, 0.2) is 24.7 Å². The lowest BCUT2D eigenvalue weighted by Crippen LogP contribution is -1.89. The van der Waals surface area contributed by atoms with E-state index in [9.17, 15) is 0 Å². The quantitative estimate of drug-likeness (QED) is 0.691. The molecular formula is C9H12N2O. The Morgan fingerprint density at radius 3 is 3.17 bits per heavy atom. The molecule has 0 spiro atoms. The van der Waals surface area contributed by atoms with Crippen molar-refractivity contribution in [3.63, 3.8) is 0 Å². The van der Waals surface area contributed by atoms with Gasteiger partial charge in [0.05, 0.1) is 24.8 Å². The number of anilines is 1. The summed E-state index contributed by atoms with van der Waals surface area (Å²) in [5.74, 6) is 0. The van der Waals surface area contributed by atoms with Gasteiger partial charge < -0.3 is 10.5 Å². The van der Waals surface area contributed by atoms with E-state index in [1.165, 1.54) is 0 Å². The molecule has 1 aromatic heterocycles. The molecule has 0 aliphatic carbocycles. The average molecular weight is 164 g/mol. The number of rotatable bonds is 3. The lowest BCUT2D eigenvalue weighted by atomic mass is 10.2. The second kappa shape index (κ2) is 4.38. The van der Waals surface area contributed by atoms with Crippen LogP contribution in [0.25, 0.3) is 6.08 Å². The predicted molar refractivity (Wildman–Crippen MR) is 49.3 cm³/mol. The predicted octanol–water partition coefficient (Wildman–Crippen LogP) is 1.67. The minimum atomic E-state index is 0.661. The Hall–Kier alpha value is -1.51. The summed E-state index contributed by atoms with van der Waals surface area (Å²) in [6.45, 7) is 2.60. The van der Waals surface area contributed by atoms with Crippen molar-refractivity contribution in [3.8, 4) is 0 Å². The van der Waals surface area contributed by atoms with Gasteiger partial charge in [-0.1, -0.05) is 0 Å². The Morgan fingerprint density at radius 2 is 2.50 bits per heavy atom. The number of hydrogen-bond acceptors (Lipinski definition) is 3. The standard InChI is InChI=1S/C9H12N2O/c1-2-12-6-4-8-3-5-11-7-9(8)10/h3-7H,2,10H2,1H3/b6-4+. The molecule has 0 radical (unpaired) electrons. The van der Waals surface area contributed by atoms with Crippen molar-refractivity contribution in [1.29, 1.82) is 0 Å². The molecule has 0 bridgehead atoms. The van der Waals surface area contributed by atoms with Gasteiger partial charge in [0.1, 0.15) is 0 Å². The third-order valence-electron chi connectivity index (χ3n) is 1.40. The molecule has 0 unspecified atom stereocenters. The van der Waals surface area contributed by atoms with E-state index in [4.69, 9.17) is 10.5 Å². The van der Waals surface area contributed by atoms with Gasteiger partial charge >= 0.3 is 0 Å². The molecule has 0 aliphatic heterocycles. The van der Waals surface area contributed by atoms with Crippen LogP contribution in [0.1, 0.15) is 12.5 Å². The van der Waals surface area contributed by atoms with Gasteiger partial charge in [0.15, 0.2) is 0 Å². The first-order valence-electron chi connectivity index (χ1n) is 3.82. The summed E-state index contributed by atoms with van der Waals surface area (Å²) in [4.78, 5) is 3.87. The van der Waals surface area contributed by atoms with Crippen molar-refractivity contribution in [3.05, 3.63) is 30.3 Å². The Bertz CT molecular complexity index is 271. The van der Waals surface area contributed by atoms with E-state index in [2.05, 4.69) is 4.98 Å². The highest BCUT2D eigenvalue weighted by atomic mass is 16.5. The van der Waals surface area contributed by atoms with Crippen LogP contribution in [0.4, 0.5) is 5.69 Å². The van der Waals surface area contributed by atoms with Crippen molar-refractivity contribution in [2.75, 3.05) is 12.3 Å². The van der Waals surface area contributed by atoms with Crippen LogP contribution in [0, 0.1) is 0 Å². The van der Waals surface area contributed by atoms with Crippen molar-refractivity contribution in [2.24, 2.45) is 0 Å². The summed E-state index contributed by atoms with van der Waals surface area (Å²) < 4.78 is 5.04. The number of nitrogens with two attached hydrogens (primary N) is 1. The van der Waals surface area contributed by atoms with Gasteiger partial charge in [-0.25, -0.2) is 0 Å². The van der Waals surface area contributed by atoms with Gasteiger partial charge in [0.25, 0.3) is 0 Å². The maximum Gasteiger partial charge on any atom is 0.0845 e. The minimum absolute atomic E-state index is 0.661. The van der Waals surface area contributed by atoms with E-state index in [0.29, 0.717) is 12.3 Å². The second-order valence-corrected chi connectivity index (χ2v) is 2.26. The maximum atomic E-state index is 5.63. The van der Waals surface area contributed by atoms with Crippen LogP contribution < -0.4 is 5.73 Å². The Morgan fingerprint density at radius 1 is 1.67 bits per heavy atom. The number of ether oxygens (including phenoxy) is 1. The average Bonchev–Trinajstić information content (AvgIpc) is 2.09. The number of hydrogen-bond donors (Lipinski definition) is 1.